The second-order valence-electron chi connectivity index (χ2n) is 3.90. The first kappa shape index (κ1) is 22.2. The van der Waals surface area contributed by atoms with Gasteiger partial charge in [0.2, 0.25) is 0 Å². The Balaban J connectivity index is -0.000000146. The van der Waals surface area contributed by atoms with Gasteiger partial charge in [0.25, 0.3) is 0 Å². The summed E-state index contributed by atoms with van der Waals surface area (Å²) in [7, 11) is 10.5. The quantitative estimate of drug-likeness (QED) is 0.442. The first-order valence-corrected chi connectivity index (χ1v) is 11.6. The van der Waals surface area contributed by atoms with Gasteiger partial charge in [0.15, 0.2) is 0 Å². The maximum absolute atomic E-state index is 6.94. The van der Waals surface area contributed by atoms with E-state index in [1.165, 1.54) is 0 Å². The maximum atomic E-state index is 6.94. The molecule has 0 aromatic heterocycles. The molecule has 5 heteroatoms. The Labute approximate surface area is 120 Å². The SMILES string of the molecule is CC(C)(C)[NH-].C[SiH]C.[C-]1=CC=CC1.[Cl][Ti][Cl]. The first-order valence-electron chi connectivity index (χ1n) is 5.00. The summed E-state index contributed by atoms with van der Waals surface area (Å²) in [4.78, 5) is 0. The molecule has 1 aliphatic carbocycles. The molecule has 0 fully saturated rings. The van der Waals surface area contributed by atoms with Crippen LogP contribution < -0.4 is 0 Å². The third-order valence-corrected chi connectivity index (χ3v) is 0.586. The molecule has 0 saturated heterocycles. The fourth-order valence-corrected chi connectivity index (χ4v) is 0.340. The van der Waals surface area contributed by atoms with Gasteiger partial charge in [0, 0.05) is 9.52 Å². The van der Waals surface area contributed by atoms with Gasteiger partial charge in [-0.1, -0.05) is 33.9 Å². The first-order chi connectivity index (χ1) is 7.33. The van der Waals surface area contributed by atoms with Gasteiger partial charge in [0.05, 0.1) is 0 Å². The Morgan fingerprint density at radius 1 is 1.31 bits per heavy atom. The van der Waals surface area contributed by atoms with Crippen LogP contribution in [0.5, 0.6) is 0 Å². The fourth-order valence-electron chi connectivity index (χ4n) is 0.340. The van der Waals surface area contributed by atoms with Crippen LogP contribution >= 0.6 is 18.6 Å². The third kappa shape index (κ3) is 82.2. The van der Waals surface area contributed by atoms with E-state index in [2.05, 4.69) is 25.2 Å². The molecule has 0 saturated carbocycles. The van der Waals surface area contributed by atoms with Crippen molar-refractivity contribution in [3.05, 3.63) is 30.0 Å². The summed E-state index contributed by atoms with van der Waals surface area (Å²) in [6.45, 7) is 9.98. The van der Waals surface area contributed by atoms with Gasteiger partial charge in [-0.05, 0) is 0 Å². The zero-order valence-electron chi connectivity index (χ0n) is 10.8. The van der Waals surface area contributed by atoms with Gasteiger partial charge in [-0.3, -0.25) is 6.08 Å². The summed E-state index contributed by atoms with van der Waals surface area (Å²) in [5.41, 5.74) is 6.69. The average molecular weight is 315 g/mol. The minimum atomic E-state index is -0.556. The van der Waals surface area contributed by atoms with Crippen LogP contribution in [-0.2, 0) is 17.0 Å². The van der Waals surface area contributed by atoms with E-state index in [9.17, 15) is 0 Å². The molecule has 1 rings (SSSR count). The molecular formula is C11H22Cl2NSiTi-2. The Hall–Kier alpha value is 0.951. The van der Waals surface area contributed by atoms with Crippen molar-refractivity contribution in [3.63, 3.8) is 0 Å². The Morgan fingerprint density at radius 2 is 1.62 bits per heavy atom. The zero-order valence-corrected chi connectivity index (χ0v) is 15.0. The van der Waals surface area contributed by atoms with Crippen LogP contribution in [-0.4, -0.2) is 15.1 Å². The van der Waals surface area contributed by atoms with Crippen LogP contribution in [0.4, 0.5) is 0 Å². The molecular weight excluding hydrogens is 293 g/mol. The van der Waals surface area contributed by atoms with Crippen molar-refractivity contribution in [2.75, 3.05) is 0 Å². The Bertz CT molecular complexity index is 150. The Morgan fingerprint density at radius 3 is 1.69 bits per heavy atom. The molecule has 0 amide bonds. The normalized spacial score (nSPS) is 11.2. The van der Waals surface area contributed by atoms with Crippen molar-refractivity contribution in [2.24, 2.45) is 0 Å². The van der Waals surface area contributed by atoms with Gasteiger partial charge in [-0.2, -0.15) is 6.08 Å². The second-order valence-corrected chi connectivity index (χ2v) is 7.64. The number of hydrogen-bond donors (Lipinski definition) is 0. The van der Waals surface area contributed by atoms with Crippen molar-refractivity contribution in [3.8, 4) is 0 Å². The van der Waals surface area contributed by atoms with Crippen molar-refractivity contribution < 1.29 is 17.0 Å². The van der Waals surface area contributed by atoms with Crippen LogP contribution in [0.1, 0.15) is 27.2 Å². The van der Waals surface area contributed by atoms with E-state index >= 15 is 0 Å². The number of rotatable bonds is 0. The monoisotopic (exact) mass is 314 g/mol. The van der Waals surface area contributed by atoms with Crippen LogP contribution in [0.25, 0.3) is 5.73 Å². The van der Waals surface area contributed by atoms with Crippen LogP contribution in [0.3, 0.4) is 0 Å². The topological polar surface area (TPSA) is 23.8 Å². The molecule has 0 aromatic carbocycles. The molecule has 1 N–H and O–H groups in total. The molecule has 0 unspecified atom stereocenters. The summed E-state index contributed by atoms with van der Waals surface area (Å²) >= 11 is -0.556. The van der Waals surface area contributed by atoms with Crippen molar-refractivity contribution in [2.45, 2.75) is 45.8 Å². The molecule has 0 aromatic rings. The molecule has 0 spiro atoms. The van der Waals surface area contributed by atoms with E-state index in [0.29, 0.717) is 0 Å². The van der Waals surface area contributed by atoms with Gasteiger partial charge in [-0.25, -0.2) is 12.2 Å². The van der Waals surface area contributed by atoms with Crippen molar-refractivity contribution >= 4 is 28.1 Å². The zero-order chi connectivity index (χ0) is 13.4. The Kier molecular flexibility index (Phi) is 25.4. The standard InChI is InChI=1S/C5H5.C4H10N.C2H7Si.2ClH.Ti/c1-2-4-5-3-1;1-4(2,3)5;1-3-2;;;/h1-3H,4H2;5H,1-3H3;3H,1-2H3;2*1H;/q2*-1;;;;+2/p-2. The van der Waals surface area contributed by atoms with Gasteiger partial charge >= 0.3 is 35.6 Å². The van der Waals surface area contributed by atoms with E-state index < -0.39 is 17.0 Å². The molecule has 95 valence electrons. The van der Waals surface area contributed by atoms with E-state index in [1.54, 1.807) is 0 Å². The van der Waals surface area contributed by atoms with Crippen LogP contribution in [0.2, 0.25) is 13.1 Å². The van der Waals surface area contributed by atoms with Crippen LogP contribution in [0, 0.1) is 6.08 Å². The van der Waals surface area contributed by atoms with E-state index in [-0.39, 0.29) is 5.54 Å². The van der Waals surface area contributed by atoms with E-state index in [4.69, 9.17) is 24.3 Å². The summed E-state index contributed by atoms with van der Waals surface area (Å²) in [5.74, 6) is 0. The van der Waals surface area contributed by atoms with E-state index in [0.717, 1.165) is 15.9 Å². The van der Waals surface area contributed by atoms with E-state index in [1.807, 2.05) is 32.9 Å². The van der Waals surface area contributed by atoms with Gasteiger partial charge in [0.1, 0.15) is 0 Å². The number of hydrogen-bond acceptors (Lipinski definition) is 0. The number of halogens is 2. The molecule has 16 heavy (non-hydrogen) atoms. The summed E-state index contributed by atoms with van der Waals surface area (Å²) in [6, 6.07) is 0. The van der Waals surface area contributed by atoms with Gasteiger partial charge < -0.3 is 5.73 Å². The predicted molar refractivity (Wildman–Crippen MR) is 76.2 cm³/mol. The number of nitrogens with one attached hydrogen (secondary N) is 1. The average Bonchev–Trinajstić information content (AvgIpc) is 2.58. The summed E-state index contributed by atoms with van der Waals surface area (Å²) < 4.78 is 0. The molecule has 1 nitrogen and oxygen atoms in total. The second kappa shape index (κ2) is 18.3. The third-order valence-electron chi connectivity index (χ3n) is 0.586. The molecule has 1 aliphatic rings. The van der Waals surface area contributed by atoms with Crippen molar-refractivity contribution in [1.82, 2.24) is 0 Å². The molecule has 0 heterocycles. The molecule has 0 bridgehead atoms. The van der Waals surface area contributed by atoms with Crippen LogP contribution in [0.15, 0.2) is 18.2 Å². The number of allylic oxidation sites excluding steroid dienone is 4. The van der Waals surface area contributed by atoms with Gasteiger partial charge in [-0.15, -0.1) is 12.0 Å². The summed E-state index contributed by atoms with van der Waals surface area (Å²) in [6.07, 6.45) is 10.0. The summed E-state index contributed by atoms with van der Waals surface area (Å²) in [5, 5.41) is 0. The molecule has 0 atom stereocenters. The molecule has 1 radical (unpaired) electrons. The van der Waals surface area contributed by atoms with Crippen molar-refractivity contribution in [1.29, 1.82) is 0 Å². The predicted octanol–water partition coefficient (Wildman–Crippen LogP) is 5.04. The fraction of sp³-hybridized carbons (Fsp3) is 0.636. The minimum absolute atomic E-state index is 0.250. The molecule has 0 aliphatic heterocycles.